The zero-order valence-corrected chi connectivity index (χ0v) is 18.0. The lowest BCUT2D eigenvalue weighted by atomic mass is 9.93. The molecular formula is C24H29N3O4. The molecule has 7 nitrogen and oxygen atoms in total. The SMILES string of the molecule is CCc1cc2c(cc1CC)CC(N(CC(O)c1ccc(O)c3c1CCC(=O)N3)N=O)C2. The molecule has 1 atom stereocenters. The van der Waals surface area contributed by atoms with Gasteiger partial charge in [0.05, 0.1) is 29.7 Å². The molecule has 1 aliphatic carbocycles. The monoisotopic (exact) mass is 423 g/mol. The number of carbonyl (C=O) groups excluding carboxylic acids is 1. The molecule has 3 N–H and O–H groups in total. The normalized spacial score (nSPS) is 16.4. The standard InChI is InChI=1S/C24H29N3O4/c1-3-14-9-16-11-18(12-17(16)10-15(14)4-2)27(26-31)13-22(29)19-5-7-21(28)24-20(19)6-8-23(30)25-24/h5,7,9-10,18,22,28-29H,3-4,6,8,11-13H2,1-2H3,(H,25,30). The smallest absolute Gasteiger partial charge is 0.224 e. The summed E-state index contributed by atoms with van der Waals surface area (Å²) in [5.74, 6) is -0.179. The van der Waals surface area contributed by atoms with Crippen LogP contribution in [0.15, 0.2) is 29.6 Å². The van der Waals surface area contributed by atoms with Gasteiger partial charge in [-0.15, -0.1) is 4.91 Å². The Bertz CT molecular complexity index is 987. The van der Waals surface area contributed by atoms with Gasteiger partial charge < -0.3 is 15.5 Å². The molecule has 31 heavy (non-hydrogen) atoms. The molecule has 2 aliphatic rings. The first-order chi connectivity index (χ1) is 14.9. The second kappa shape index (κ2) is 8.67. The summed E-state index contributed by atoms with van der Waals surface area (Å²) in [7, 11) is 0. The fourth-order valence-electron chi connectivity index (χ4n) is 4.96. The summed E-state index contributed by atoms with van der Waals surface area (Å²) in [5, 5.41) is 28.4. The van der Waals surface area contributed by atoms with E-state index >= 15 is 0 Å². The summed E-state index contributed by atoms with van der Waals surface area (Å²) >= 11 is 0. The second-order valence-electron chi connectivity index (χ2n) is 8.45. The van der Waals surface area contributed by atoms with E-state index in [2.05, 4.69) is 36.6 Å². The number of aliphatic hydroxyl groups is 1. The molecule has 7 heteroatoms. The number of carbonyl (C=O) groups is 1. The molecule has 0 spiro atoms. The van der Waals surface area contributed by atoms with Crippen molar-refractivity contribution in [3.8, 4) is 5.75 Å². The van der Waals surface area contributed by atoms with E-state index in [0.29, 0.717) is 29.7 Å². The van der Waals surface area contributed by atoms with Crippen LogP contribution in [-0.4, -0.2) is 33.7 Å². The summed E-state index contributed by atoms with van der Waals surface area (Å²) in [5.41, 5.74) is 6.90. The van der Waals surface area contributed by atoms with Crippen molar-refractivity contribution in [3.63, 3.8) is 0 Å². The number of nitroso groups, excluding NO2 is 1. The number of phenolic OH excluding ortho intramolecular Hbond substituents is 1. The van der Waals surface area contributed by atoms with Crippen LogP contribution in [0.5, 0.6) is 5.75 Å². The van der Waals surface area contributed by atoms with Gasteiger partial charge in [0.1, 0.15) is 5.75 Å². The van der Waals surface area contributed by atoms with Crippen molar-refractivity contribution in [2.24, 2.45) is 5.29 Å². The number of rotatable bonds is 7. The average molecular weight is 424 g/mol. The molecule has 2 aromatic rings. The van der Waals surface area contributed by atoms with Gasteiger partial charge in [0.15, 0.2) is 0 Å². The van der Waals surface area contributed by atoms with Gasteiger partial charge in [-0.05, 0) is 71.6 Å². The summed E-state index contributed by atoms with van der Waals surface area (Å²) in [6.07, 6.45) is 3.20. The number of aryl methyl sites for hydroxylation is 2. The molecule has 164 valence electrons. The number of nitrogens with zero attached hydrogens (tertiary/aromatic N) is 2. The molecule has 0 saturated heterocycles. The molecule has 4 rings (SSSR count). The fourth-order valence-corrected chi connectivity index (χ4v) is 4.96. The Morgan fingerprint density at radius 3 is 2.35 bits per heavy atom. The van der Waals surface area contributed by atoms with Crippen LogP contribution in [0.2, 0.25) is 0 Å². The number of anilines is 1. The summed E-state index contributed by atoms with van der Waals surface area (Å²) in [4.78, 5) is 23.4. The summed E-state index contributed by atoms with van der Waals surface area (Å²) in [6, 6.07) is 7.54. The van der Waals surface area contributed by atoms with E-state index in [0.717, 1.165) is 25.7 Å². The second-order valence-corrected chi connectivity index (χ2v) is 8.45. The van der Waals surface area contributed by atoms with E-state index in [1.165, 1.54) is 33.3 Å². The largest absolute Gasteiger partial charge is 0.506 e. The fraction of sp³-hybridized carbons (Fsp3) is 0.458. The third-order valence-corrected chi connectivity index (χ3v) is 6.63. The summed E-state index contributed by atoms with van der Waals surface area (Å²) in [6.45, 7) is 4.38. The van der Waals surface area contributed by atoms with Crippen LogP contribution >= 0.6 is 0 Å². The lowest BCUT2D eigenvalue weighted by Crippen LogP contribution is -2.35. The van der Waals surface area contributed by atoms with Crippen LogP contribution in [0, 0.1) is 4.91 Å². The van der Waals surface area contributed by atoms with Crippen LogP contribution < -0.4 is 5.32 Å². The van der Waals surface area contributed by atoms with Crippen molar-refractivity contribution in [1.29, 1.82) is 0 Å². The highest BCUT2D eigenvalue weighted by molar-refractivity contribution is 5.96. The molecule has 0 bridgehead atoms. The Balaban J connectivity index is 1.53. The molecule has 0 radical (unpaired) electrons. The number of benzene rings is 2. The maximum Gasteiger partial charge on any atom is 0.224 e. The Labute approximate surface area is 182 Å². The molecular weight excluding hydrogens is 394 g/mol. The number of amides is 1. The number of hydrogen-bond acceptors (Lipinski definition) is 5. The lowest BCUT2D eigenvalue weighted by Gasteiger charge is -2.28. The molecule has 1 unspecified atom stereocenters. The predicted molar refractivity (Wildman–Crippen MR) is 119 cm³/mol. The van der Waals surface area contributed by atoms with Gasteiger partial charge in [-0.25, -0.2) is 0 Å². The van der Waals surface area contributed by atoms with Crippen molar-refractivity contribution in [2.45, 2.75) is 64.5 Å². The van der Waals surface area contributed by atoms with Gasteiger partial charge >= 0.3 is 0 Å². The quantitative estimate of drug-likeness (QED) is 0.359. The zero-order chi connectivity index (χ0) is 22.1. The highest BCUT2D eigenvalue weighted by Gasteiger charge is 2.31. The van der Waals surface area contributed by atoms with Gasteiger partial charge in [0, 0.05) is 6.42 Å². The number of phenols is 1. The van der Waals surface area contributed by atoms with Crippen molar-refractivity contribution >= 4 is 11.6 Å². The highest BCUT2D eigenvalue weighted by Crippen LogP contribution is 2.37. The molecule has 1 aliphatic heterocycles. The van der Waals surface area contributed by atoms with E-state index in [1.807, 2.05) is 0 Å². The van der Waals surface area contributed by atoms with Crippen molar-refractivity contribution in [1.82, 2.24) is 5.01 Å². The number of nitrogens with one attached hydrogen (secondary N) is 1. The lowest BCUT2D eigenvalue weighted by molar-refractivity contribution is -0.116. The van der Waals surface area contributed by atoms with Gasteiger partial charge in [-0.1, -0.05) is 32.0 Å². The minimum absolute atomic E-state index is 0.0194. The topological polar surface area (TPSA) is 102 Å². The Morgan fingerprint density at radius 1 is 1.13 bits per heavy atom. The first-order valence-electron chi connectivity index (χ1n) is 11.0. The highest BCUT2D eigenvalue weighted by atomic mass is 16.3. The first-order valence-corrected chi connectivity index (χ1v) is 11.0. The van der Waals surface area contributed by atoms with E-state index in [4.69, 9.17) is 0 Å². The Morgan fingerprint density at radius 2 is 1.77 bits per heavy atom. The van der Waals surface area contributed by atoms with Crippen molar-refractivity contribution in [2.75, 3.05) is 11.9 Å². The van der Waals surface area contributed by atoms with Crippen LogP contribution in [0.4, 0.5) is 5.69 Å². The molecule has 0 aromatic heterocycles. The molecule has 1 heterocycles. The van der Waals surface area contributed by atoms with E-state index in [9.17, 15) is 19.9 Å². The molecule has 1 amide bonds. The third kappa shape index (κ3) is 4.02. The number of aromatic hydroxyl groups is 1. The number of aliphatic hydroxyl groups excluding tert-OH is 1. The Hall–Kier alpha value is -2.93. The van der Waals surface area contributed by atoms with Crippen LogP contribution in [0.1, 0.15) is 59.8 Å². The first kappa shape index (κ1) is 21.3. The maximum absolute atomic E-state index is 11.7. The minimum Gasteiger partial charge on any atom is -0.506 e. The van der Waals surface area contributed by atoms with Crippen LogP contribution in [0.25, 0.3) is 0 Å². The van der Waals surface area contributed by atoms with Gasteiger partial charge in [0.2, 0.25) is 5.91 Å². The van der Waals surface area contributed by atoms with Gasteiger partial charge in [0.25, 0.3) is 0 Å². The van der Waals surface area contributed by atoms with Crippen LogP contribution in [0.3, 0.4) is 0 Å². The number of hydrogen-bond donors (Lipinski definition) is 3. The summed E-state index contributed by atoms with van der Waals surface area (Å²) < 4.78 is 0. The zero-order valence-electron chi connectivity index (χ0n) is 18.0. The van der Waals surface area contributed by atoms with Crippen molar-refractivity contribution < 1.29 is 15.0 Å². The van der Waals surface area contributed by atoms with E-state index < -0.39 is 6.10 Å². The Kier molecular flexibility index (Phi) is 5.96. The maximum atomic E-state index is 11.7. The minimum atomic E-state index is -0.955. The predicted octanol–water partition coefficient (Wildman–Crippen LogP) is 3.59. The third-order valence-electron chi connectivity index (χ3n) is 6.63. The van der Waals surface area contributed by atoms with E-state index in [-0.39, 0.29) is 24.2 Å². The molecule has 0 fully saturated rings. The van der Waals surface area contributed by atoms with Crippen molar-refractivity contribution in [3.05, 3.63) is 62.6 Å². The van der Waals surface area contributed by atoms with Gasteiger partial charge in [-0.2, -0.15) is 0 Å². The number of fused-ring (bicyclic) bond motifs is 2. The van der Waals surface area contributed by atoms with E-state index in [1.54, 1.807) is 6.07 Å². The average Bonchev–Trinajstić information content (AvgIpc) is 3.19. The molecule has 0 saturated carbocycles. The molecule has 2 aromatic carbocycles. The van der Waals surface area contributed by atoms with Crippen LogP contribution in [-0.2, 0) is 36.9 Å². The van der Waals surface area contributed by atoms with Gasteiger partial charge in [-0.3, -0.25) is 9.80 Å².